The van der Waals surface area contributed by atoms with Crippen LogP contribution in [0.2, 0.25) is 0 Å². The first-order valence-electron chi connectivity index (χ1n) is 7.61. The summed E-state index contributed by atoms with van der Waals surface area (Å²) in [6.45, 7) is 0. The largest absolute Gasteiger partial charge is 0.289 e. The molecule has 0 atom stereocenters. The Morgan fingerprint density at radius 3 is 1.71 bits per heavy atom. The van der Waals surface area contributed by atoms with Crippen molar-refractivity contribution >= 4 is 27.3 Å². The van der Waals surface area contributed by atoms with Gasteiger partial charge in [-0.15, -0.1) is 5.73 Å². The zero-order valence-electron chi connectivity index (χ0n) is 12.9. The van der Waals surface area contributed by atoms with Crippen LogP contribution in [0.25, 0.3) is 5.57 Å². The summed E-state index contributed by atoms with van der Waals surface area (Å²) in [5.41, 5.74) is 6.81. The average molecular weight is 375 g/mol. The number of rotatable bonds is 4. The minimum absolute atomic E-state index is 0.0631. The van der Waals surface area contributed by atoms with E-state index in [2.05, 4.69) is 21.7 Å². The van der Waals surface area contributed by atoms with Crippen LogP contribution >= 0.6 is 15.9 Å². The van der Waals surface area contributed by atoms with E-state index >= 15 is 0 Å². The third kappa shape index (κ3) is 3.99. The Morgan fingerprint density at radius 1 is 0.708 bits per heavy atom. The Labute approximate surface area is 150 Å². The molecule has 0 fully saturated rings. The molecule has 0 saturated heterocycles. The predicted octanol–water partition coefficient (Wildman–Crippen LogP) is 5.92. The van der Waals surface area contributed by atoms with E-state index in [4.69, 9.17) is 0 Å². The number of benzene rings is 3. The van der Waals surface area contributed by atoms with Gasteiger partial charge in [0.2, 0.25) is 0 Å². The summed E-state index contributed by atoms with van der Waals surface area (Å²) in [7, 11) is 0. The average Bonchev–Trinajstić information content (AvgIpc) is 2.64. The van der Waals surface area contributed by atoms with Gasteiger partial charge in [0.25, 0.3) is 0 Å². The summed E-state index contributed by atoms with van der Waals surface area (Å²) in [5, 5.41) is 0. The molecule has 3 rings (SSSR count). The van der Waals surface area contributed by atoms with Gasteiger partial charge in [0.1, 0.15) is 0 Å². The summed E-state index contributed by atoms with van der Waals surface area (Å²) in [4.78, 5) is 12.4. The fourth-order valence-corrected chi connectivity index (χ4v) is 2.64. The second-order valence-electron chi connectivity index (χ2n) is 5.27. The van der Waals surface area contributed by atoms with Crippen molar-refractivity contribution in [3.8, 4) is 0 Å². The smallest absolute Gasteiger partial charge is 0.193 e. The highest BCUT2D eigenvalue weighted by Gasteiger charge is 2.05. The first-order valence-corrected chi connectivity index (χ1v) is 8.41. The maximum absolute atomic E-state index is 12.4. The molecule has 0 radical (unpaired) electrons. The van der Waals surface area contributed by atoms with Gasteiger partial charge in [-0.1, -0.05) is 76.6 Å². The van der Waals surface area contributed by atoms with Crippen LogP contribution in [0.15, 0.2) is 101 Å². The molecule has 0 spiro atoms. The Bertz CT molecular complexity index is 846. The van der Waals surface area contributed by atoms with Gasteiger partial charge in [0, 0.05) is 21.7 Å². The highest BCUT2D eigenvalue weighted by Crippen LogP contribution is 2.22. The lowest BCUT2D eigenvalue weighted by Crippen LogP contribution is -1.93. The van der Waals surface area contributed by atoms with Crippen molar-refractivity contribution in [1.29, 1.82) is 0 Å². The lowest BCUT2D eigenvalue weighted by molar-refractivity contribution is 0.104. The SMILES string of the molecule is O=C(C=C=C(c1ccccc1)c1ccccc1)c1ccc(Br)cc1. The molecule has 0 saturated carbocycles. The Balaban J connectivity index is 2.03. The Hall–Kier alpha value is -2.67. The van der Waals surface area contributed by atoms with Gasteiger partial charge in [0.15, 0.2) is 5.78 Å². The quantitative estimate of drug-likeness (QED) is 0.314. The normalized spacial score (nSPS) is 9.88. The third-order valence-corrected chi connectivity index (χ3v) is 4.13. The standard InChI is InChI=1S/C22H15BrO/c23-20-13-11-19(12-14-20)22(24)16-15-21(17-7-3-1-4-8-17)18-9-5-2-6-10-18/h1-14,16H. The van der Waals surface area contributed by atoms with E-state index in [0.717, 1.165) is 21.2 Å². The maximum Gasteiger partial charge on any atom is 0.193 e. The predicted molar refractivity (Wildman–Crippen MR) is 102 cm³/mol. The second kappa shape index (κ2) is 7.74. The van der Waals surface area contributed by atoms with Crippen LogP contribution in [-0.4, -0.2) is 5.78 Å². The van der Waals surface area contributed by atoms with Crippen molar-refractivity contribution in [2.24, 2.45) is 0 Å². The summed E-state index contributed by atoms with van der Waals surface area (Å²) in [5.74, 6) is -0.0631. The Kier molecular flexibility index (Phi) is 5.22. The number of carbonyl (C=O) groups is 1. The highest BCUT2D eigenvalue weighted by atomic mass is 79.9. The van der Waals surface area contributed by atoms with Crippen molar-refractivity contribution in [1.82, 2.24) is 0 Å². The van der Waals surface area contributed by atoms with Crippen molar-refractivity contribution in [2.45, 2.75) is 0 Å². The van der Waals surface area contributed by atoms with Crippen LogP contribution in [0.1, 0.15) is 21.5 Å². The van der Waals surface area contributed by atoms with Gasteiger partial charge in [-0.25, -0.2) is 0 Å². The summed E-state index contributed by atoms with van der Waals surface area (Å²) >= 11 is 3.38. The zero-order valence-corrected chi connectivity index (χ0v) is 14.5. The summed E-state index contributed by atoms with van der Waals surface area (Å²) in [6.07, 6.45) is 1.51. The molecule has 0 heterocycles. The molecular formula is C22H15BrO. The number of ketones is 1. The molecule has 1 nitrogen and oxygen atoms in total. The van der Waals surface area contributed by atoms with E-state index in [-0.39, 0.29) is 5.78 Å². The lowest BCUT2D eigenvalue weighted by Gasteiger charge is -2.05. The van der Waals surface area contributed by atoms with Crippen LogP contribution in [0, 0.1) is 0 Å². The van der Waals surface area contributed by atoms with Gasteiger partial charge < -0.3 is 0 Å². The van der Waals surface area contributed by atoms with Crippen LogP contribution < -0.4 is 0 Å². The van der Waals surface area contributed by atoms with Crippen molar-refractivity contribution in [2.75, 3.05) is 0 Å². The van der Waals surface area contributed by atoms with Gasteiger partial charge in [-0.2, -0.15) is 0 Å². The molecule has 0 aliphatic carbocycles. The first-order chi connectivity index (χ1) is 11.7. The van der Waals surface area contributed by atoms with Crippen LogP contribution in [0.5, 0.6) is 0 Å². The minimum atomic E-state index is -0.0631. The van der Waals surface area contributed by atoms with E-state index < -0.39 is 0 Å². The van der Waals surface area contributed by atoms with Gasteiger partial charge in [-0.3, -0.25) is 4.79 Å². The topological polar surface area (TPSA) is 17.1 Å². The molecule has 3 aromatic rings. The number of halogens is 1. The zero-order chi connectivity index (χ0) is 16.8. The van der Waals surface area contributed by atoms with E-state index in [9.17, 15) is 4.79 Å². The number of carbonyl (C=O) groups excluding carboxylic acids is 1. The molecule has 0 bridgehead atoms. The number of allylic oxidation sites excluding steroid dienone is 1. The molecule has 0 amide bonds. The van der Waals surface area contributed by atoms with Crippen molar-refractivity contribution in [3.05, 3.63) is 118 Å². The fraction of sp³-hybridized carbons (Fsp3) is 0. The van der Waals surface area contributed by atoms with E-state index in [1.54, 1.807) is 12.1 Å². The monoisotopic (exact) mass is 374 g/mol. The molecule has 0 unspecified atom stereocenters. The first kappa shape index (κ1) is 16.2. The lowest BCUT2D eigenvalue weighted by atomic mass is 9.98. The van der Waals surface area contributed by atoms with Crippen molar-refractivity contribution < 1.29 is 4.79 Å². The molecule has 116 valence electrons. The fourth-order valence-electron chi connectivity index (χ4n) is 2.38. The minimum Gasteiger partial charge on any atom is -0.289 e. The van der Waals surface area contributed by atoms with Crippen molar-refractivity contribution in [3.63, 3.8) is 0 Å². The van der Waals surface area contributed by atoms with Crippen LogP contribution in [0.4, 0.5) is 0 Å². The molecule has 24 heavy (non-hydrogen) atoms. The second-order valence-corrected chi connectivity index (χ2v) is 6.18. The Morgan fingerprint density at radius 2 is 1.21 bits per heavy atom. The van der Waals surface area contributed by atoms with Gasteiger partial charge >= 0.3 is 0 Å². The maximum atomic E-state index is 12.4. The van der Waals surface area contributed by atoms with Gasteiger partial charge in [-0.05, 0) is 35.4 Å². The van der Waals surface area contributed by atoms with Crippen LogP contribution in [-0.2, 0) is 0 Å². The van der Waals surface area contributed by atoms with Gasteiger partial charge in [0.05, 0.1) is 0 Å². The molecule has 0 aliphatic rings. The molecule has 0 N–H and O–H groups in total. The number of hydrogen-bond acceptors (Lipinski definition) is 1. The highest BCUT2D eigenvalue weighted by molar-refractivity contribution is 9.10. The molecule has 0 aliphatic heterocycles. The molecular weight excluding hydrogens is 360 g/mol. The van der Waals surface area contributed by atoms with E-state index in [1.165, 1.54) is 6.08 Å². The molecule has 2 heteroatoms. The summed E-state index contributed by atoms with van der Waals surface area (Å²) < 4.78 is 0.952. The summed E-state index contributed by atoms with van der Waals surface area (Å²) in [6, 6.07) is 27.3. The molecule has 0 aromatic heterocycles. The van der Waals surface area contributed by atoms with E-state index in [1.807, 2.05) is 72.8 Å². The third-order valence-electron chi connectivity index (χ3n) is 3.60. The molecule has 3 aromatic carbocycles. The van der Waals surface area contributed by atoms with Crippen LogP contribution in [0.3, 0.4) is 0 Å². The van der Waals surface area contributed by atoms with E-state index in [0.29, 0.717) is 5.56 Å². The number of hydrogen-bond donors (Lipinski definition) is 0.